The summed E-state index contributed by atoms with van der Waals surface area (Å²) in [5.74, 6) is 0.0402. The standard InChI is InChI=1S/C19H23NO4S2/c1-14-6-5-8-17(10-14)25(21,22)18-11-16(12-18)13-20-26(23,24)19-9-4-3-7-15(19)2/h3-10,16,18,20H,11-13H2,1-2H3/t16-,18-. The maximum Gasteiger partial charge on any atom is 0.240 e. The molecular formula is C19H23NO4S2. The van der Waals surface area contributed by atoms with E-state index in [2.05, 4.69) is 4.72 Å². The molecular weight excluding hydrogens is 370 g/mol. The van der Waals surface area contributed by atoms with Gasteiger partial charge in [0, 0.05) is 6.54 Å². The van der Waals surface area contributed by atoms with E-state index in [1.165, 1.54) is 0 Å². The lowest BCUT2D eigenvalue weighted by Crippen LogP contribution is -2.42. The van der Waals surface area contributed by atoms with Crippen LogP contribution in [0.25, 0.3) is 0 Å². The van der Waals surface area contributed by atoms with Gasteiger partial charge in [0.25, 0.3) is 0 Å². The zero-order valence-corrected chi connectivity index (χ0v) is 16.5. The number of rotatable bonds is 6. The van der Waals surface area contributed by atoms with Gasteiger partial charge in [0.1, 0.15) is 0 Å². The first-order chi connectivity index (χ1) is 12.2. The summed E-state index contributed by atoms with van der Waals surface area (Å²) in [6.45, 7) is 3.88. The van der Waals surface area contributed by atoms with E-state index in [9.17, 15) is 16.8 Å². The highest BCUT2D eigenvalue weighted by molar-refractivity contribution is 7.92. The van der Waals surface area contributed by atoms with Crippen molar-refractivity contribution in [2.75, 3.05) is 6.54 Å². The van der Waals surface area contributed by atoms with Crippen molar-refractivity contribution >= 4 is 19.9 Å². The van der Waals surface area contributed by atoms with Crippen LogP contribution in [-0.2, 0) is 19.9 Å². The van der Waals surface area contributed by atoms with E-state index >= 15 is 0 Å². The quantitative estimate of drug-likeness (QED) is 0.818. The van der Waals surface area contributed by atoms with E-state index in [1.807, 2.05) is 13.0 Å². The molecule has 1 fully saturated rings. The third kappa shape index (κ3) is 3.84. The van der Waals surface area contributed by atoms with E-state index in [0.29, 0.717) is 23.3 Å². The molecule has 5 nitrogen and oxygen atoms in total. The van der Waals surface area contributed by atoms with Gasteiger partial charge >= 0.3 is 0 Å². The Bertz CT molecular complexity index is 1010. The van der Waals surface area contributed by atoms with Crippen molar-refractivity contribution in [3.63, 3.8) is 0 Å². The van der Waals surface area contributed by atoms with Gasteiger partial charge in [0.05, 0.1) is 15.0 Å². The molecule has 1 saturated carbocycles. The fourth-order valence-electron chi connectivity index (χ4n) is 3.24. The maximum absolute atomic E-state index is 12.6. The zero-order valence-electron chi connectivity index (χ0n) is 14.8. The van der Waals surface area contributed by atoms with Crippen molar-refractivity contribution in [3.8, 4) is 0 Å². The van der Waals surface area contributed by atoms with Crippen LogP contribution in [-0.4, -0.2) is 28.6 Å². The lowest BCUT2D eigenvalue weighted by molar-refractivity contribution is 0.316. The Kier molecular flexibility index (Phi) is 5.23. The number of sulfone groups is 1. The van der Waals surface area contributed by atoms with E-state index in [-0.39, 0.29) is 17.4 Å². The largest absolute Gasteiger partial charge is 0.240 e. The Balaban J connectivity index is 1.60. The summed E-state index contributed by atoms with van der Waals surface area (Å²) in [4.78, 5) is 0.615. The van der Waals surface area contributed by atoms with Crippen molar-refractivity contribution in [2.24, 2.45) is 5.92 Å². The summed E-state index contributed by atoms with van der Waals surface area (Å²) < 4.78 is 52.7. The summed E-state index contributed by atoms with van der Waals surface area (Å²) >= 11 is 0. The molecule has 0 spiro atoms. The van der Waals surface area contributed by atoms with Crippen molar-refractivity contribution in [3.05, 3.63) is 59.7 Å². The molecule has 1 aliphatic carbocycles. The van der Waals surface area contributed by atoms with Gasteiger partial charge in [0.2, 0.25) is 10.0 Å². The Morgan fingerprint density at radius 2 is 1.65 bits per heavy atom. The highest BCUT2D eigenvalue weighted by Crippen LogP contribution is 2.36. The van der Waals surface area contributed by atoms with Gasteiger partial charge in [0.15, 0.2) is 9.84 Å². The molecule has 0 aromatic heterocycles. The van der Waals surface area contributed by atoms with Gasteiger partial charge in [-0.15, -0.1) is 0 Å². The molecule has 1 aliphatic rings. The average Bonchev–Trinajstić information content (AvgIpc) is 2.53. The molecule has 26 heavy (non-hydrogen) atoms. The second-order valence-electron chi connectivity index (χ2n) is 6.94. The topological polar surface area (TPSA) is 80.3 Å². The molecule has 0 aliphatic heterocycles. The normalized spacial score (nSPS) is 20.5. The predicted molar refractivity (Wildman–Crippen MR) is 101 cm³/mol. The molecule has 0 unspecified atom stereocenters. The van der Waals surface area contributed by atoms with Crippen molar-refractivity contribution in [1.82, 2.24) is 4.72 Å². The summed E-state index contributed by atoms with van der Waals surface area (Å²) in [5.41, 5.74) is 1.60. The fraction of sp³-hybridized carbons (Fsp3) is 0.368. The molecule has 0 amide bonds. The molecule has 2 aromatic rings. The zero-order chi connectivity index (χ0) is 18.9. The SMILES string of the molecule is Cc1cccc(S(=O)(=O)[C@H]2C[C@H](CNS(=O)(=O)c3ccccc3C)C2)c1. The van der Waals surface area contributed by atoms with Crippen LogP contribution in [0.2, 0.25) is 0 Å². The lowest BCUT2D eigenvalue weighted by Gasteiger charge is -2.34. The van der Waals surface area contributed by atoms with E-state index < -0.39 is 25.1 Å². The highest BCUT2D eigenvalue weighted by Gasteiger charge is 2.39. The minimum atomic E-state index is -3.57. The van der Waals surface area contributed by atoms with Crippen molar-refractivity contribution < 1.29 is 16.8 Å². The van der Waals surface area contributed by atoms with E-state index in [4.69, 9.17) is 0 Å². The summed E-state index contributed by atoms with van der Waals surface area (Å²) in [5, 5.41) is -0.433. The molecule has 0 heterocycles. The van der Waals surface area contributed by atoms with Crippen LogP contribution in [0.15, 0.2) is 58.3 Å². The predicted octanol–water partition coefficient (Wildman–Crippen LogP) is 2.83. The number of hydrogen-bond donors (Lipinski definition) is 1. The molecule has 140 valence electrons. The number of hydrogen-bond acceptors (Lipinski definition) is 4. The van der Waals surface area contributed by atoms with Crippen LogP contribution >= 0.6 is 0 Å². The third-order valence-corrected chi connectivity index (χ3v) is 8.65. The number of nitrogens with one attached hydrogen (secondary N) is 1. The molecule has 0 bridgehead atoms. The van der Waals surface area contributed by atoms with Gasteiger partial charge in [-0.05, 0) is 61.9 Å². The minimum absolute atomic E-state index is 0.0402. The smallest absolute Gasteiger partial charge is 0.223 e. The average molecular weight is 394 g/mol. The van der Waals surface area contributed by atoms with Crippen LogP contribution in [0.1, 0.15) is 24.0 Å². The first-order valence-electron chi connectivity index (χ1n) is 8.56. The Labute approximate surface area is 155 Å². The van der Waals surface area contributed by atoms with Crippen LogP contribution < -0.4 is 4.72 Å². The number of benzene rings is 2. The fourth-order valence-corrected chi connectivity index (χ4v) is 6.66. The van der Waals surface area contributed by atoms with Crippen molar-refractivity contribution in [2.45, 2.75) is 41.7 Å². The van der Waals surface area contributed by atoms with Crippen LogP contribution in [0.5, 0.6) is 0 Å². The summed E-state index contributed by atoms with van der Waals surface area (Å²) in [7, 11) is -6.92. The monoisotopic (exact) mass is 393 g/mol. The molecule has 2 aromatic carbocycles. The summed E-state index contributed by atoms with van der Waals surface area (Å²) in [6.07, 6.45) is 0.957. The first-order valence-corrected chi connectivity index (χ1v) is 11.6. The Morgan fingerprint density at radius 1 is 0.962 bits per heavy atom. The highest BCUT2D eigenvalue weighted by atomic mass is 32.2. The number of aryl methyl sites for hydroxylation is 2. The minimum Gasteiger partial charge on any atom is -0.223 e. The van der Waals surface area contributed by atoms with Gasteiger partial charge in [-0.2, -0.15) is 0 Å². The second kappa shape index (κ2) is 7.13. The lowest BCUT2D eigenvalue weighted by atomic mass is 9.85. The molecule has 0 atom stereocenters. The Morgan fingerprint density at radius 3 is 2.31 bits per heavy atom. The van der Waals surface area contributed by atoms with E-state index in [0.717, 1.165) is 5.56 Å². The molecule has 0 radical (unpaired) electrons. The first kappa shape index (κ1) is 19.1. The van der Waals surface area contributed by atoms with Gasteiger partial charge < -0.3 is 0 Å². The van der Waals surface area contributed by atoms with Gasteiger partial charge in [-0.25, -0.2) is 21.6 Å². The molecule has 3 rings (SSSR count). The van der Waals surface area contributed by atoms with E-state index in [1.54, 1.807) is 49.4 Å². The molecule has 1 N–H and O–H groups in total. The third-order valence-electron chi connectivity index (χ3n) is 4.89. The molecule has 0 saturated heterocycles. The molecule has 7 heteroatoms. The van der Waals surface area contributed by atoms with Gasteiger partial charge in [-0.1, -0.05) is 30.3 Å². The summed E-state index contributed by atoms with van der Waals surface area (Å²) in [6, 6.07) is 13.7. The van der Waals surface area contributed by atoms with Crippen molar-refractivity contribution in [1.29, 1.82) is 0 Å². The van der Waals surface area contributed by atoms with Crippen LogP contribution in [0.3, 0.4) is 0 Å². The Hall–Kier alpha value is -1.70. The number of sulfonamides is 1. The van der Waals surface area contributed by atoms with Crippen LogP contribution in [0.4, 0.5) is 0 Å². The van der Waals surface area contributed by atoms with Crippen LogP contribution in [0, 0.1) is 19.8 Å². The second-order valence-corrected chi connectivity index (χ2v) is 10.9. The van der Waals surface area contributed by atoms with Gasteiger partial charge in [-0.3, -0.25) is 0 Å². The maximum atomic E-state index is 12.6.